The summed E-state index contributed by atoms with van der Waals surface area (Å²) in [4.78, 5) is 18.8. The number of para-hydroxylation sites is 4. The molecule has 7 heteroatoms. The van der Waals surface area contributed by atoms with Gasteiger partial charge in [0.25, 0.3) is 0 Å². The number of carbonyl (C=O) groups is 1. The Morgan fingerprint density at radius 1 is 0.929 bits per heavy atom. The highest BCUT2D eigenvalue weighted by atomic mass is 16.5. The number of anilines is 2. The van der Waals surface area contributed by atoms with E-state index in [4.69, 9.17) is 15.2 Å². The first-order valence-corrected chi connectivity index (χ1v) is 14.4. The van der Waals surface area contributed by atoms with Gasteiger partial charge in [-0.2, -0.15) is 0 Å². The lowest BCUT2D eigenvalue weighted by Gasteiger charge is -2.39. The van der Waals surface area contributed by atoms with Crippen molar-refractivity contribution in [2.24, 2.45) is 5.73 Å². The summed E-state index contributed by atoms with van der Waals surface area (Å²) < 4.78 is 12.6. The molecule has 0 radical (unpaired) electrons. The molecule has 2 aliphatic carbocycles. The normalized spacial score (nSPS) is 21.1. The van der Waals surface area contributed by atoms with Gasteiger partial charge in [-0.3, -0.25) is 4.79 Å². The van der Waals surface area contributed by atoms with E-state index in [1.165, 1.54) is 6.20 Å². The third-order valence-corrected chi connectivity index (χ3v) is 7.98. The van der Waals surface area contributed by atoms with Gasteiger partial charge in [-0.05, 0) is 74.0 Å². The van der Waals surface area contributed by atoms with Crippen LogP contribution in [0.3, 0.4) is 0 Å². The van der Waals surface area contributed by atoms with Crippen molar-refractivity contribution in [2.75, 3.05) is 22.9 Å². The molecular weight excluding hydrogens is 524 g/mol. The molecule has 0 saturated carbocycles. The summed E-state index contributed by atoms with van der Waals surface area (Å²) in [5.74, 6) is 3.01. The second-order valence-electron chi connectivity index (χ2n) is 10.5. The fraction of sp³-hybridized carbons (Fsp3) is 0.171. The van der Waals surface area contributed by atoms with Crippen molar-refractivity contribution in [3.05, 3.63) is 143 Å². The first-order chi connectivity index (χ1) is 20.7. The van der Waals surface area contributed by atoms with Crippen molar-refractivity contribution < 1.29 is 14.3 Å². The highest BCUT2D eigenvalue weighted by Gasteiger charge is 2.36. The van der Waals surface area contributed by atoms with Crippen LogP contribution in [0.1, 0.15) is 25.7 Å². The molecule has 5 aliphatic rings. The zero-order valence-electron chi connectivity index (χ0n) is 23.3. The molecule has 2 aromatic rings. The fourth-order valence-corrected chi connectivity index (χ4v) is 6.06. The smallest absolute Gasteiger partial charge is 0.193 e. The number of benzene rings is 2. The fourth-order valence-electron chi connectivity index (χ4n) is 6.06. The number of nitrogens with two attached hydrogens (primary N) is 1. The standard InChI is InChI=1S/C35H32N4O3/c1-23-25(38-27-10-2-6-14-31(27)41-32-15-7-3-11-28(32)38)19-21-37-22-24(35(23)40)26(18-20-36)39-29-12-4-8-16-33(29)42-34-17-9-5-13-30(34)39/h2,4-6,8,10-16,18-20,37H,1,3,7,9,17,21-22,36H2/b20-18-,25-19?,26-24-. The van der Waals surface area contributed by atoms with Gasteiger partial charge in [0.1, 0.15) is 11.5 Å². The van der Waals surface area contributed by atoms with Crippen LogP contribution in [0.25, 0.3) is 0 Å². The lowest BCUT2D eigenvalue weighted by molar-refractivity contribution is -0.112. The van der Waals surface area contributed by atoms with Crippen LogP contribution in [0.2, 0.25) is 0 Å². The highest BCUT2D eigenvalue weighted by Crippen LogP contribution is 2.46. The predicted molar refractivity (Wildman–Crippen MR) is 165 cm³/mol. The maximum absolute atomic E-state index is 14.6. The monoisotopic (exact) mass is 556 g/mol. The molecule has 7 nitrogen and oxygen atoms in total. The van der Waals surface area contributed by atoms with Gasteiger partial charge in [0.15, 0.2) is 17.3 Å². The number of hydrogen-bond donors (Lipinski definition) is 2. The lowest BCUT2D eigenvalue weighted by Crippen LogP contribution is -2.37. The van der Waals surface area contributed by atoms with Gasteiger partial charge in [0, 0.05) is 30.7 Å². The minimum Gasteiger partial charge on any atom is -0.457 e. The Hall–Kier alpha value is -5.01. The number of nitrogens with one attached hydrogen (secondary N) is 1. The minimum atomic E-state index is -0.154. The van der Waals surface area contributed by atoms with E-state index >= 15 is 0 Å². The van der Waals surface area contributed by atoms with Crippen molar-refractivity contribution in [1.82, 2.24) is 5.32 Å². The van der Waals surface area contributed by atoms with Gasteiger partial charge >= 0.3 is 0 Å². The van der Waals surface area contributed by atoms with Crippen LogP contribution in [0, 0.1) is 0 Å². The Morgan fingerprint density at radius 3 is 2.52 bits per heavy atom. The highest BCUT2D eigenvalue weighted by molar-refractivity contribution is 6.13. The molecule has 2 aromatic carbocycles. The second kappa shape index (κ2) is 10.8. The molecule has 0 unspecified atom stereocenters. The van der Waals surface area contributed by atoms with Crippen LogP contribution in [0.15, 0.2) is 143 Å². The Morgan fingerprint density at radius 2 is 1.69 bits per heavy atom. The Labute approximate surface area is 245 Å². The number of carbonyl (C=O) groups excluding carboxylic acids is 1. The number of hydrogen-bond acceptors (Lipinski definition) is 7. The third kappa shape index (κ3) is 4.30. The average molecular weight is 557 g/mol. The first kappa shape index (κ1) is 25.9. The molecule has 0 bridgehead atoms. The van der Waals surface area contributed by atoms with Gasteiger partial charge in [-0.25, -0.2) is 0 Å². The van der Waals surface area contributed by atoms with Gasteiger partial charge in [0.2, 0.25) is 0 Å². The topological polar surface area (TPSA) is 80.1 Å². The quantitative estimate of drug-likeness (QED) is 0.433. The zero-order chi connectivity index (χ0) is 28.6. The number of rotatable bonds is 3. The molecule has 0 aromatic heterocycles. The van der Waals surface area contributed by atoms with Crippen molar-refractivity contribution in [3.8, 4) is 11.5 Å². The molecule has 0 fully saturated rings. The molecule has 3 heterocycles. The average Bonchev–Trinajstić information content (AvgIpc) is 3.03. The minimum absolute atomic E-state index is 0.154. The Kier molecular flexibility index (Phi) is 6.64. The van der Waals surface area contributed by atoms with Crippen molar-refractivity contribution in [1.29, 1.82) is 0 Å². The molecule has 7 rings (SSSR count). The number of ketones is 1. The number of fused-ring (bicyclic) bond motifs is 3. The summed E-state index contributed by atoms with van der Waals surface area (Å²) in [5, 5.41) is 3.47. The molecule has 3 N–H and O–H groups in total. The summed E-state index contributed by atoms with van der Waals surface area (Å²) >= 11 is 0. The summed E-state index contributed by atoms with van der Waals surface area (Å²) in [5.41, 5.74) is 12.0. The molecule has 210 valence electrons. The van der Waals surface area contributed by atoms with E-state index in [2.05, 4.69) is 46.0 Å². The Bertz CT molecular complexity index is 1720. The summed E-state index contributed by atoms with van der Waals surface area (Å²) in [6.45, 7) is 5.29. The van der Waals surface area contributed by atoms with E-state index in [1.54, 1.807) is 6.08 Å². The summed E-state index contributed by atoms with van der Waals surface area (Å²) in [7, 11) is 0. The van der Waals surface area contributed by atoms with E-state index < -0.39 is 0 Å². The van der Waals surface area contributed by atoms with Crippen LogP contribution in [-0.2, 0) is 4.79 Å². The number of allylic oxidation sites excluding steroid dienone is 7. The first-order valence-electron chi connectivity index (χ1n) is 14.4. The van der Waals surface area contributed by atoms with Crippen LogP contribution in [0.5, 0.6) is 11.5 Å². The van der Waals surface area contributed by atoms with Crippen molar-refractivity contribution >= 4 is 17.2 Å². The third-order valence-electron chi connectivity index (χ3n) is 7.98. The van der Waals surface area contributed by atoms with Crippen LogP contribution in [0.4, 0.5) is 11.4 Å². The maximum atomic E-state index is 14.6. The maximum Gasteiger partial charge on any atom is 0.193 e. The summed E-state index contributed by atoms with van der Waals surface area (Å²) in [6.07, 6.45) is 17.3. The van der Waals surface area contributed by atoms with E-state index in [0.29, 0.717) is 29.9 Å². The van der Waals surface area contributed by atoms with Gasteiger partial charge in [-0.1, -0.05) is 43.0 Å². The number of ether oxygens (including phenoxy) is 2. The molecule has 42 heavy (non-hydrogen) atoms. The molecule has 0 spiro atoms. The Balaban J connectivity index is 1.36. The lowest BCUT2D eigenvalue weighted by atomic mass is 9.94. The largest absolute Gasteiger partial charge is 0.457 e. The van der Waals surface area contributed by atoms with Crippen molar-refractivity contribution in [2.45, 2.75) is 25.7 Å². The SMILES string of the molecule is C=C1C(=O)/C(=C(/C=C\N)N2C3=C(CCC=C3)Oc3ccccc32)CNCC=C1N1C2=CCCC=C2Oc2ccccc21. The molecule has 3 aliphatic heterocycles. The van der Waals surface area contributed by atoms with Crippen molar-refractivity contribution in [3.63, 3.8) is 0 Å². The van der Waals surface area contributed by atoms with Gasteiger partial charge in [0.05, 0.1) is 34.2 Å². The zero-order valence-corrected chi connectivity index (χ0v) is 23.3. The van der Waals surface area contributed by atoms with E-state index in [-0.39, 0.29) is 5.78 Å². The van der Waals surface area contributed by atoms with E-state index in [9.17, 15) is 4.79 Å². The molecule has 0 amide bonds. The van der Waals surface area contributed by atoms with Crippen LogP contribution in [-0.4, -0.2) is 18.9 Å². The molecular formula is C35H32N4O3. The number of nitrogens with zero attached hydrogens (tertiary/aromatic N) is 2. The molecule has 0 atom stereocenters. The second-order valence-corrected chi connectivity index (χ2v) is 10.5. The van der Waals surface area contributed by atoms with E-state index in [0.717, 1.165) is 77.2 Å². The number of Topliss-reactive ketones (excluding diaryl/α,β-unsaturated/α-hetero) is 1. The van der Waals surface area contributed by atoms with Crippen LogP contribution >= 0.6 is 0 Å². The van der Waals surface area contributed by atoms with Gasteiger partial charge in [-0.15, -0.1) is 0 Å². The predicted octanol–water partition coefficient (Wildman–Crippen LogP) is 6.25. The molecule has 0 saturated heterocycles. The van der Waals surface area contributed by atoms with E-state index in [1.807, 2.05) is 54.6 Å². The van der Waals surface area contributed by atoms with Crippen LogP contribution < -0.4 is 30.3 Å². The van der Waals surface area contributed by atoms with Gasteiger partial charge < -0.3 is 30.3 Å². The summed E-state index contributed by atoms with van der Waals surface area (Å²) in [6, 6.07) is 15.8.